The number of hydrogen-bond donors (Lipinski definition) is 1. The Kier molecular flexibility index (Phi) is 3.17. The van der Waals surface area contributed by atoms with Gasteiger partial charge in [-0.1, -0.05) is 0 Å². The Morgan fingerprint density at radius 1 is 1.36 bits per heavy atom. The van der Waals surface area contributed by atoms with Crippen LogP contribution in [0.2, 0.25) is 0 Å². The van der Waals surface area contributed by atoms with Crippen molar-refractivity contribution < 1.29 is 8.78 Å². The summed E-state index contributed by atoms with van der Waals surface area (Å²) in [5.74, 6) is -3.26. The summed E-state index contributed by atoms with van der Waals surface area (Å²) in [5, 5.41) is 0. The number of hydrogen-bond acceptors (Lipinski definition) is 2. The fraction of sp³-hybridized carbons (Fsp3) is 1.00. The fourth-order valence-electron chi connectivity index (χ4n) is 1.88. The number of nitrogens with zero attached hydrogens (tertiary/aromatic N) is 1. The molecular weight excluding hydrogens is 186 g/mol. The van der Waals surface area contributed by atoms with E-state index in [1.807, 2.05) is 0 Å². The maximum Gasteiger partial charge on any atom is 0.264 e. The van der Waals surface area contributed by atoms with Crippen molar-refractivity contribution in [2.24, 2.45) is 11.7 Å². The predicted octanol–water partition coefficient (Wildman–Crippen LogP) is 1.70. The summed E-state index contributed by atoms with van der Waals surface area (Å²) in [7, 11) is 0. The van der Waals surface area contributed by atoms with Crippen LogP contribution in [0.1, 0.15) is 27.2 Å². The van der Waals surface area contributed by atoms with Crippen LogP contribution in [0.4, 0.5) is 8.78 Å². The molecule has 1 aliphatic rings. The van der Waals surface area contributed by atoms with E-state index in [0.29, 0.717) is 13.0 Å². The fourth-order valence-corrected chi connectivity index (χ4v) is 1.88. The molecule has 2 nitrogen and oxygen atoms in total. The number of halogens is 2. The van der Waals surface area contributed by atoms with Gasteiger partial charge in [-0.25, -0.2) is 8.78 Å². The second kappa shape index (κ2) is 3.74. The molecule has 1 rings (SSSR count). The first kappa shape index (κ1) is 11.9. The Hall–Kier alpha value is -0.220. The Morgan fingerprint density at radius 2 is 1.93 bits per heavy atom. The molecule has 1 aliphatic heterocycles. The first-order valence-corrected chi connectivity index (χ1v) is 5.10. The highest BCUT2D eigenvalue weighted by Gasteiger charge is 2.43. The third-order valence-electron chi connectivity index (χ3n) is 3.01. The lowest BCUT2D eigenvalue weighted by Gasteiger charge is -2.32. The molecule has 0 saturated carbocycles. The first-order valence-electron chi connectivity index (χ1n) is 5.10. The average Bonchev–Trinajstić information content (AvgIpc) is 2.51. The molecule has 2 N–H and O–H groups in total. The van der Waals surface area contributed by atoms with Crippen molar-refractivity contribution in [3.8, 4) is 0 Å². The molecule has 1 unspecified atom stereocenters. The third kappa shape index (κ3) is 2.42. The first-order chi connectivity index (χ1) is 6.27. The van der Waals surface area contributed by atoms with Crippen LogP contribution < -0.4 is 5.73 Å². The van der Waals surface area contributed by atoms with Gasteiger partial charge in [0.15, 0.2) is 0 Å². The van der Waals surface area contributed by atoms with Gasteiger partial charge in [0.25, 0.3) is 5.92 Å². The monoisotopic (exact) mass is 206 g/mol. The van der Waals surface area contributed by atoms with Gasteiger partial charge >= 0.3 is 0 Å². The van der Waals surface area contributed by atoms with Crippen molar-refractivity contribution >= 4 is 0 Å². The molecule has 1 saturated heterocycles. The minimum Gasteiger partial charge on any atom is -0.325 e. The zero-order chi connectivity index (χ0) is 11.0. The maximum atomic E-state index is 13.3. The summed E-state index contributed by atoms with van der Waals surface area (Å²) in [6.07, 6.45) is 0.557. The van der Waals surface area contributed by atoms with E-state index in [1.165, 1.54) is 0 Å². The van der Waals surface area contributed by atoms with Gasteiger partial charge < -0.3 is 5.73 Å². The van der Waals surface area contributed by atoms with Crippen molar-refractivity contribution in [2.75, 3.05) is 19.6 Å². The molecule has 0 aliphatic carbocycles. The Balaban J connectivity index is 2.58. The largest absolute Gasteiger partial charge is 0.325 e. The molecule has 0 aromatic heterocycles. The molecule has 0 radical (unpaired) electrons. The van der Waals surface area contributed by atoms with Crippen LogP contribution in [0.5, 0.6) is 0 Å². The summed E-state index contributed by atoms with van der Waals surface area (Å²) >= 11 is 0. The van der Waals surface area contributed by atoms with Crippen LogP contribution in [0.15, 0.2) is 0 Å². The smallest absolute Gasteiger partial charge is 0.264 e. The zero-order valence-electron chi connectivity index (χ0n) is 9.19. The summed E-state index contributed by atoms with van der Waals surface area (Å²) < 4.78 is 26.5. The molecule has 0 bridgehead atoms. The molecule has 4 heteroatoms. The van der Waals surface area contributed by atoms with Crippen molar-refractivity contribution in [3.05, 3.63) is 0 Å². The molecule has 1 fully saturated rings. The second-order valence-electron chi connectivity index (χ2n) is 5.07. The highest BCUT2D eigenvalue weighted by molar-refractivity contribution is 4.91. The van der Waals surface area contributed by atoms with Crippen molar-refractivity contribution in [2.45, 2.75) is 38.7 Å². The average molecular weight is 206 g/mol. The molecule has 0 spiro atoms. The van der Waals surface area contributed by atoms with Crippen molar-refractivity contribution in [1.82, 2.24) is 4.90 Å². The molecule has 0 aromatic carbocycles. The van der Waals surface area contributed by atoms with E-state index >= 15 is 0 Å². The van der Waals surface area contributed by atoms with Crippen LogP contribution in [-0.2, 0) is 0 Å². The van der Waals surface area contributed by atoms with Crippen molar-refractivity contribution in [3.63, 3.8) is 0 Å². The van der Waals surface area contributed by atoms with Gasteiger partial charge in [-0.3, -0.25) is 4.90 Å². The lowest BCUT2D eigenvalue weighted by atomic mass is 10.0. The van der Waals surface area contributed by atoms with Gasteiger partial charge in [0, 0.05) is 18.0 Å². The highest BCUT2D eigenvalue weighted by Crippen LogP contribution is 2.34. The molecule has 1 heterocycles. The maximum absolute atomic E-state index is 13.3. The van der Waals surface area contributed by atoms with Crippen LogP contribution in [0.25, 0.3) is 0 Å². The van der Waals surface area contributed by atoms with E-state index in [9.17, 15) is 8.78 Å². The molecule has 0 aromatic rings. The Labute approximate surface area is 84.4 Å². The summed E-state index contributed by atoms with van der Waals surface area (Å²) in [6.45, 7) is 6.84. The zero-order valence-corrected chi connectivity index (χ0v) is 9.19. The van der Waals surface area contributed by atoms with E-state index in [1.54, 1.807) is 0 Å². The summed E-state index contributed by atoms with van der Waals surface area (Å²) in [5.41, 5.74) is 5.06. The lowest BCUT2D eigenvalue weighted by Crippen LogP contribution is -2.43. The van der Waals surface area contributed by atoms with Crippen LogP contribution in [0.3, 0.4) is 0 Å². The predicted molar refractivity (Wildman–Crippen MR) is 53.4 cm³/mol. The normalized spacial score (nSPS) is 25.7. The highest BCUT2D eigenvalue weighted by atomic mass is 19.3. The number of rotatable bonds is 2. The van der Waals surface area contributed by atoms with E-state index in [4.69, 9.17) is 5.73 Å². The van der Waals surface area contributed by atoms with Crippen LogP contribution >= 0.6 is 0 Å². The van der Waals surface area contributed by atoms with Gasteiger partial charge in [-0.05, 0) is 33.7 Å². The minimum absolute atomic E-state index is 0.0145. The second-order valence-corrected chi connectivity index (χ2v) is 5.07. The quantitative estimate of drug-likeness (QED) is 0.745. The van der Waals surface area contributed by atoms with Gasteiger partial charge in [-0.2, -0.15) is 0 Å². The van der Waals surface area contributed by atoms with E-state index in [2.05, 4.69) is 25.7 Å². The minimum atomic E-state index is -2.69. The number of alkyl halides is 2. The van der Waals surface area contributed by atoms with Crippen LogP contribution in [0, 0.1) is 5.92 Å². The SMILES string of the molecule is CC(C)(C)N1CCC(C(F)(F)CN)C1. The molecule has 84 valence electrons. The topological polar surface area (TPSA) is 29.3 Å². The van der Waals surface area contributed by atoms with E-state index in [-0.39, 0.29) is 5.54 Å². The summed E-state index contributed by atoms with van der Waals surface area (Å²) in [4.78, 5) is 2.10. The van der Waals surface area contributed by atoms with Gasteiger partial charge in [0.2, 0.25) is 0 Å². The molecular formula is C10H20F2N2. The Morgan fingerprint density at radius 3 is 2.29 bits per heavy atom. The van der Waals surface area contributed by atoms with Gasteiger partial charge in [0.1, 0.15) is 0 Å². The van der Waals surface area contributed by atoms with Gasteiger partial charge in [0.05, 0.1) is 6.54 Å². The summed E-state index contributed by atoms with van der Waals surface area (Å²) in [6, 6.07) is 0. The third-order valence-corrected chi connectivity index (χ3v) is 3.01. The van der Waals surface area contributed by atoms with Gasteiger partial charge in [-0.15, -0.1) is 0 Å². The number of likely N-dealkylation sites (tertiary alicyclic amines) is 1. The molecule has 0 amide bonds. The lowest BCUT2D eigenvalue weighted by molar-refractivity contribution is -0.0470. The number of nitrogens with two attached hydrogens (primary N) is 1. The Bertz CT molecular complexity index is 199. The van der Waals surface area contributed by atoms with E-state index < -0.39 is 18.4 Å². The van der Waals surface area contributed by atoms with Crippen molar-refractivity contribution in [1.29, 1.82) is 0 Å². The van der Waals surface area contributed by atoms with E-state index in [0.717, 1.165) is 6.54 Å². The molecule has 1 atom stereocenters. The van der Waals surface area contributed by atoms with Crippen LogP contribution in [-0.4, -0.2) is 36.0 Å². The standard InChI is InChI=1S/C10H20F2N2/c1-9(2,3)14-5-4-8(6-14)10(11,12)7-13/h8H,4-7,13H2,1-3H3. The molecule has 14 heavy (non-hydrogen) atoms.